The SMILES string of the molecule is Cc1ccc(-c2nc3cc(NC(=O)COc4cccc5ccccc45)ccc3o2)cc1C. The largest absolute Gasteiger partial charge is 0.483 e. The zero-order valence-corrected chi connectivity index (χ0v) is 17.9. The van der Waals surface area contributed by atoms with Gasteiger partial charge in [0.05, 0.1) is 0 Å². The molecule has 0 saturated carbocycles. The fraction of sp³-hybridized carbons (Fsp3) is 0.111. The van der Waals surface area contributed by atoms with E-state index in [0.29, 0.717) is 28.4 Å². The quantitative estimate of drug-likeness (QED) is 0.362. The molecule has 0 atom stereocenters. The second-order valence-electron chi connectivity index (χ2n) is 7.81. The van der Waals surface area contributed by atoms with Crippen LogP contribution in [0.3, 0.4) is 0 Å². The minimum absolute atomic E-state index is 0.0846. The summed E-state index contributed by atoms with van der Waals surface area (Å²) in [5.41, 5.74) is 5.33. The topological polar surface area (TPSA) is 64.4 Å². The average molecular weight is 422 g/mol. The van der Waals surface area contributed by atoms with E-state index in [1.807, 2.05) is 54.6 Å². The standard InChI is InChI=1S/C27H22N2O3/c1-17-10-11-20(14-18(17)2)27-29-23-15-21(12-13-25(23)32-27)28-26(30)16-31-24-9-5-7-19-6-3-4-8-22(19)24/h3-15H,16H2,1-2H3,(H,28,30). The van der Waals surface area contributed by atoms with Gasteiger partial charge in [0, 0.05) is 16.6 Å². The van der Waals surface area contributed by atoms with Crippen molar-refractivity contribution in [2.24, 2.45) is 0 Å². The predicted molar refractivity (Wildman–Crippen MR) is 127 cm³/mol. The first kappa shape index (κ1) is 19.8. The van der Waals surface area contributed by atoms with Gasteiger partial charge in [0.25, 0.3) is 5.91 Å². The fourth-order valence-electron chi connectivity index (χ4n) is 3.67. The molecule has 0 bridgehead atoms. The van der Waals surface area contributed by atoms with Gasteiger partial charge >= 0.3 is 0 Å². The molecule has 0 spiro atoms. The minimum Gasteiger partial charge on any atom is -0.483 e. The Labute approximate surface area is 185 Å². The highest BCUT2D eigenvalue weighted by atomic mass is 16.5. The molecule has 158 valence electrons. The molecule has 5 aromatic rings. The Balaban J connectivity index is 1.30. The number of nitrogens with zero attached hydrogens (tertiary/aromatic N) is 1. The Hall–Kier alpha value is -4.12. The Morgan fingerprint density at radius 2 is 1.78 bits per heavy atom. The molecule has 1 aromatic heterocycles. The summed E-state index contributed by atoms with van der Waals surface area (Å²) in [5, 5.41) is 4.92. The number of hydrogen-bond acceptors (Lipinski definition) is 4. The van der Waals surface area contributed by atoms with Crippen molar-refractivity contribution >= 4 is 33.5 Å². The second-order valence-corrected chi connectivity index (χ2v) is 7.81. The van der Waals surface area contributed by atoms with Crippen molar-refractivity contribution in [1.82, 2.24) is 4.98 Å². The van der Waals surface area contributed by atoms with Gasteiger partial charge in [-0.05, 0) is 66.8 Å². The monoisotopic (exact) mass is 422 g/mol. The van der Waals surface area contributed by atoms with E-state index in [-0.39, 0.29) is 12.5 Å². The van der Waals surface area contributed by atoms with Gasteiger partial charge in [0.2, 0.25) is 5.89 Å². The zero-order chi connectivity index (χ0) is 22.1. The van der Waals surface area contributed by atoms with E-state index < -0.39 is 0 Å². The molecule has 1 N–H and O–H groups in total. The number of fused-ring (bicyclic) bond motifs is 2. The van der Waals surface area contributed by atoms with Gasteiger partial charge in [-0.15, -0.1) is 0 Å². The van der Waals surface area contributed by atoms with Crippen LogP contribution in [0.15, 0.2) is 83.3 Å². The molecule has 0 saturated heterocycles. The van der Waals surface area contributed by atoms with Gasteiger partial charge in [-0.2, -0.15) is 0 Å². The van der Waals surface area contributed by atoms with E-state index in [0.717, 1.165) is 16.3 Å². The van der Waals surface area contributed by atoms with E-state index >= 15 is 0 Å². The lowest BCUT2D eigenvalue weighted by molar-refractivity contribution is -0.118. The van der Waals surface area contributed by atoms with E-state index in [4.69, 9.17) is 9.15 Å². The van der Waals surface area contributed by atoms with Gasteiger partial charge in [-0.3, -0.25) is 4.79 Å². The van der Waals surface area contributed by atoms with Crippen LogP contribution in [0.2, 0.25) is 0 Å². The van der Waals surface area contributed by atoms with Crippen molar-refractivity contribution in [3.8, 4) is 17.2 Å². The number of carbonyl (C=O) groups excluding carboxylic acids is 1. The Kier molecular flexibility index (Phi) is 5.07. The Bertz CT molecular complexity index is 1450. The van der Waals surface area contributed by atoms with Crippen LogP contribution in [0.4, 0.5) is 5.69 Å². The number of amides is 1. The molecule has 0 aliphatic rings. The normalized spacial score (nSPS) is 11.1. The maximum Gasteiger partial charge on any atom is 0.262 e. The molecule has 1 heterocycles. The van der Waals surface area contributed by atoms with Gasteiger partial charge in [-0.25, -0.2) is 4.98 Å². The number of hydrogen-bond donors (Lipinski definition) is 1. The molecule has 0 fully saturated rings. The third-order valence-corrected chi connectivity index (χ3v) is 5.53. The van der Waals surface area contributed by atoms with Crippen LogP contribution in [-0.2, 0) is 4.79 Å². The average Bonchev–Trinajstić information content (AvgIpc) is 3.23. The number of carbonyl (C=O) groups is 1. The van der Waals surface area contributed by atoms with Crippen LogP contribution in [-0.4, -0.2) is 17.5 Å². The van der Waals surface area contributed by atoms with Crippen molar-refractivity contribution in [3.05, 3.63) is 90.0 Å². The minimum atomic E-state index is -0.241. The van der Waals surface area contributed by atoms with Crippen molar-refractivity contribution in [3.63, 3.8) is 0 Å². The maximum absolute atomic E-state index is 12.5. The van der Waals surface area contributed by atoms with Crippen molar-refractivity contribution < 1.29 is 13.9 Å². The summed E-state index contributed by atoms with van der Waals surface area (Å²) >= 11 is 0. The first-order valence-electron chi connectivity index (χ1n) is 10.5. The number of rotatable bonds is 5. The van der Waals surface area contributed by atoms with Gasteiger partial charge in [-0.1, -0.05) is 42.5 Å². The molecule has 5 heteroatoms. The molecular formula is C27H22N2O3. The molecule has 0 unspecified atom stereocenters. The van der Waals surface area contributed by atoms with Crippen LogP contribution in [0.25, 0.3) is 33.3 Å². The number of anilines is 1. The highest BCUT2D eigenvalue weighted by Gasteiger charge is 2.11. The van der Waals surface area contributed by atoms with E-state index in [9.17, 15) is 4.79 Å². The van der Waals surface area contributed by atoms with Gasteiger partial charge < -0.3 is 14.5 Å². The molecule has 5 rings (SSSR count). The number of aromatic nitrogens is 1. The third-order valence-electron chi connectivity index (χ3n) is 5.53. The molecular weight excluding hydrogens is 400 g/mol. The number of aryl methyl sites for hydroxylation is 2. The predicted octanol–water partition coefficient (Wildman–Crippen LogP) is 6.28. The number of benzene rings is 4. The van der Waals surface area contributed by atoms with Gasteiger partial charge in [0.15, 0.2) is 12.2 Å². The summed E-state index contributed by atoms with van der Waals surface area (Å²) in [7, 11) is 0. The molecule has 0 aliphatic carbocycles. The Morgan fingerprint density at radius 3 is 2.66 bits per heavy atom. The van der Waals surface area contributed by atoms with Crippen molar-refractivity contribution in [2.75, 3.05) is 11.9 Å². The van der Waals surface area contributed by atoms with E-state index in [1.165, 1.54) is 11.1 Å². The number of oxazole rings is 1. The smallest absolute Gasteiger partial charge is 0.262 e. The second kappa shape index (κ2) is 8.19. The van der Waals surface area contributed by atoms with Crippen LogP contribution < -0.4 is 10.1 Å². The summed E-state index contributed by atoms with van der Waals surface area (Å²) in [4.78, 5) is 17.1. The van der Waals surface area contributed by atoms with Crippen molar-refractivity contribution in [1.29, 1.82) is 0 Å². The molecule has 1 amide bonds. The lowest BCUT2D eigenvalue weighted by Crippen LogP contribution is -2.20. The highest BCUT2D eigenvalue weighted by Crippen LogP contribution is 2.28. The van der Waals surface area contributed by atoms with E-state index in [1.54, 1.807) is 12.1 Å². The summed E-state index contributed by atoms with van der Waals surface area (Å²) < 4.78 is 11.7. The first-order valence-corrected chi connectivity index (χ1v) is 10.5. The zero-order valence-electron chi connectivity index (χ0n) is 17.9. The summed E-state index contributed by atoms with van der Waals surface area (Å²) in [6, 6.07) is 25.3. The molecule has 0 radical (unpaired) electrons. The maximum atomic E-state index is 12.5. The summed E-state index contributed by atoms with van der Waals surface area (Å²) in [5.74, 6) is 1.00. The highest BCUT2D eigenvalue weighted by molar-refractivity contribution is 5.94. The third kappa shape index (κ3) is 3.93. The lowest BCUT2D eigenvalue weighted by Gasteiger charge is -2.09. The molecule has 0 aliphatic heterocycles. The van der Waals surface area contributed by atoms with Crippen molar-refractivity contribution in [2.45, 2.75) is 13.8 Å². The number of nitrogens with one attached hydrogen (secondary N) is 1. The van der Waals surface area contributed by atoms with Crippen LogP contribution >= 0.6 is 0 Å². The van der Waals surface area contributed by atoms with E-state index in [2.05, 4.69) is 36.3 Å². The van der Waals surface area contributed by atoms with Gasteiger partial charge in [0.1, 0.15) is 11.3 Å². The number of ether oxygens (including phenoxy) is 1. The summed E-state index contributed by atoms with van der Waals surface area (Å²) in [6.07, 6.45) is 0. The molecule has 4 aromatic carbocycles. The lowest BCUT2D eigenvalue weighted by atomic mass is 10.1. The van der Waals surface area contributed by atoms with Crippen LogP contribution in [0, 0.1) is 13.8 Å². The Morgan fingerprint density at radius 1 is 0.938 bits per heavy atom. The first-order chi connectivity index (χ1) is 15.6. The molecule has 5 nitrogen and oxygen atoms in total. The summed E-state index contributed by atoms with van der Waals surface area (Å²) in [6.45, 7) is 4.05. The fourth-order valence-corrected chi connectivity index (χ4v) is 3.67. The molecule has 32 heavy (non-hydrogen) atoms. The van der Waals surface area contributed by atoms with Crippen LogP contribution in [0.1, 0.15) is 11.1 Å². The van der Waals surface area contributed by atoms with Crippen LogP contribution in [0.5, 0.6) is 5.75 Å².